The molecule has 1 N–H and O–H groups in total. The summed E-state index contributed by atoms with van der Waals surface area (Å²) in [6.45, 7) is 5.75. The molecule has 4 heterocycles. The summed E-state index contributed by atoms with van der Waals surface area (Å²) in [6, 6.07) is 4.55. The van der Waals surface area contributed by atoms with E-state index in [1.54, 1.807) is 22.2 Å². The Labute approximate surface area is 179 Å². The van der Waals surface area contributed by atoms with Crippen LogP contribution in [0.15, 0.2) is 35.6 Å². The van der Waals surface area contributed by atoms with Gasteiger partial charge in [0.2, 0.25) is 0 Å². The second kappa shape index (κ2) is 7.96. The van der Waals surface area contributed by atoms with E-state index in [-0.39, 0.29) is 5.56 Å². The maximum atomic E-state index is 13.0. The minimum Gasteiger partial charge on any atom is -0.308 e. The van der Waals surface area contributed by atoms with Crippen molar-refractivity contribution in [3.63, 3.8) is 0 Å². The first kappa shape index (κ1) is 19.5. The number of hydrogen-bond acceptors (Lipinski definition) is 5. The average molecular weight is 422 g/mol. The van der Waals surface area contributed by atoms with Crippen LogP contribution >= 0.6 is 11.3 Å². The zero-order chi connectivity index (χ0) is 20.7. The third-order valence-corrected chi connectivity index (χ3v) is 7.17. The van der Waals surface area contributed by atoms with Crippen LogP contribution in [0.3, 0.4) is 0 Å². The molecule has 0 aromatic carbocycles. The van der Waals surface area contributed by atoms with Gasteiger partial charge >= 0.3 is 0 Å². The molecular formula is C23H27N5OS. The highest BCUT2D eigenvalue weighted by molar-refractivity contribution is 7.18. The molecule has 0 spiro atoms. The molecule has 30 heavy (non-hydrogen) atoms. The summed E-state index contributed by atoms with van der Waals surface area (Å²) in [6.07, 6.45) is 10.9. The van der Waals surface area contributed by atoms with Crippen LogP contribution in [0.2, 0.25) is 0 Å². The van der Waals surface area contributed by atoms with Gasteiger partial charge in [0, 0.05) is 36.4 Å². The molecule has 0 radical (unpaired) electrons. The zero-order valence-electron chi connectivity index (χ0n) is 17.5. The van der Waals surface area contributed by atoms with Gasteiger partial charge < -0.3 is 9.72 Å². The van der Waals surface area contributed by atoms with E-state index < -0.39 is 0 Å². The van der Waals surface area contributed by atoms with Crippen LogP contribution in [0.4, 0.5) is 0 Å². The third-order valence-electron chi connectivity index (χ3n) is 6.01. The Bertz CT molecular complexity index is 1270. The van der Waals surface area contributed by atoms with Crippen molar-refractivity contribution in [2.75, 3.05) is 0 Å². The molecule has 0 saturated heterocycles. The number of pyridine rings is 1. The predicted octanol–water partition coefficient (Wildman–Crippen LogP) is 3.86. The number of hydrogen-bond donors (Lipinski definition) is 1. The second-order valence-corrected chi connectivity index (χ2v) is 9.39. The van der Waals surface area contributed by atoms with E-state index in [1.807, 2.05) is 0 Å². The van der Waals surface area contributed by atoms with Crippen molar-refractivity contribution in [2.45, 2.75) is 65.1 Å². The number of thiophene rings is 1. The lowest BCUT2D eigenvalue weighted by molar-refractivity contribution is 0.460. The summed E-state index contributed by atoms with van der Waals surface area (Å²) in [4.78, 5) is 24.5. The second-order valence-electron chi connectivity index (χ2n) is 8.31. The first-order valence-electron chi connectivity index (χ1n) is 10.8. The van der Waals surface area contributed by atoms with E-state index >= 15 is 0 Å². The summed E-state index contributed by atoms with van der Waals surface area (Å²) in [7, 11) is 0. The first-order chi connectivity index (χ1) is 14.6. The third kappa shape index (κ3) is 3.56. The molecule has 0 bridgehead atoms. The van der Waals surface area contributed by atoms with Crippen LogP contribution in [0, 0.1) is 6.92 Å². The number of fused-ring (bicyclic) bond motifs is 4. The van der Waals surface area contributed by atoms with E-state index in [0.717, 1.165) is 66.8 Å². The molecule has 6 nitrogen and oxygen atoms in total. The van der Waals surface area contributed by atoms with Gasteiger partial charge in [-0.1, -0.05) is 19.4 Å². The molecule has 0 fully saturated rings. The number of unbranched alkanes of at least 4 members (excludes halogenated alkanes) is 1. The van der Waals surface area contributed by atoms with E-state index in [0.29, 0.717) is 6.04 Å². The number of aryl methyl sites for hydroxylation is 3. The van der Waals surface area contributed by atoms with Gasteiger partial charge in [-0.05, 0) is 49.8 Å². The molecule has 156 valence electrons. The van der Waals surface area contributed by atoms with Crippen molar-refractivity contribution in [3.05, 3.63) is 62.9 Å². The van der Waals surface area contributed by atoms with Crippen LogP contribution in [-0.4, -0.2) is 25.0 Å². The Hall–Kier alpha value is -2.51. The van der Waals surface area contributed by atoms with Gasteiger partial charge in [-0.25, -0.2) is 9.97 Å². The van der Waals surface area contributed by atoms with E-state index in [1.165, 1.54) is 16.0 Å². The molecule has 0 amide bonds. The highest BCUT2D eigenvalue weighted by Crippen LogP contribution is 2.33. The van der Waals surface area contributed by atoms with Crippen LogP contribution in [-0.2, 0) is 25.9 Å². The fraction of sp³-hybridized carbons (Fsp3) is 0.435. The van der Waals surface area contributed by atoms with Crippen molar-refractivity contribution in [2.24, 2.45) is 0 Å². The number of rotatable bonds is 6. The number of nitrogens with one attached hydrogen (secondary N) is 1. The van der Waals surface area contributed by atoms with Crippen LogP contribution in [0.5, 0.6) is 0 Å². The van der Waals surface area contributed by atoms with Gasteiger partial charge in [-0.3, -0.25) is 9.36 Å². The molecule has 1 atom stereocenters. The normalized spacial score (nSPS) is 16.4. The lowest BCUT2D eigenvalue weighted by Gasteiger charge is -2.23. The molecule has 5 rings (SSSR count). The zero-order valence-corrected chi connectivity index (χ0v) is 18.3. The van der Waals surface area contributed by atoms with Crippen LogP contribution in [0.1, 0.15) is 47.9 Å². The van der Waals surface area contributed by atoms with Gasteiger partial charge in [-0.15, -0.1) is 11.3 Å². The van der Waals surface area contributed by atoms with Gasteiger partial charge in [-0.2, -0.15) is 0 Å². The van der Waals surface area contributed by atoms with Crippen LogP contribution in [0.25, 0.3) is 15.9 Å². The molecule has 7 heteroatoms. The quantitative estimate of drug-likeness (QED) is 0.513. The fourth-order valence-electron chi connectivity index (χ4n) is 4.35. The lowest BCUT2D eigenvalue weighted by atomic mass is 9.93. The summed E-state index contributed by atoms with van der Waals surface area (Å²) < 4.78 is 3.88. The maximum Gasteiger partial charge on any atom is 0.262 e. The standard InChI is InChI=1S/C23H27N5OS/c1-3-4-9-27-14-25-22-21(23(27)29)18-7-6-16(10-19(18)30-22)24-11-17-13-28-12-15(2)5-8-20(28)26-17/h5,8,12-14,16,24H,3-4,6-7,9-11H2,1-2H3/t16-/m0/s1. The van der Waals surface area contributed by atoms with Gasteiger partial charge in [0.15, 0.2) is 0 Å². The van der Waals surface area contributed by atoms with Crippen molar-refractivity contribution < 1.29 is 0 Å². The van der Waals surface area contributed by atoms with Gasteiger partial charge in [0.1, 0.15) is 10.5 Å². The smallest absolute Gasteiger partial charge is 0.262 e. The average Bonchev–Trinajstić information content (AvgIpc) is 3.32. The molecule has 0 aliphatic heterocycles. The van der Waals surface area contributed by atoms with Crippen molar-refractivity contribution in [1.82, 2.24) is 24.3 Å². The minimum atomic E-state index is 0.136. The summed E-state index contributed by atoms with van der Waals surface area (Å²) in [5.74, 6) is 0. The highest BCUT2D eigenvalue weighted by atomic mass is 32.1. The Balaban J connectivity index is 1.32. The molecule has 4 aromatic rings. The molecule has 0 unspecified atom stereocenters. The molecule has 1 aliphatic carbocycles. The van der Waals surface area contributed by atoms with Crippen molar-refractivity contribution in [1.29, 1.82) is 0 Å². The predicted molar refractivity (Wildman–Crippen MR) is 121 cm³/mol. The number of nitrogens with zero attached hydrogens (tertiary/aromatic N) is 4. The highest BCUT2D eigenvalue weighted by Gasteiger charge is 2.25. The molecular weight excluding hydrogens is 394 g/mol. The summed E-state index contributed by atoms with van der Waals surface area (Å²) >= 11 is 1.69. The molecule has 1 aliphatic rings. The minimum absolute atomic E-state index is 0.136. The van der Waals surface area contributed by atoms with E-state index in [2.05, 4.69) is 53.1 Å². The Morgan fingerprint density at radius 2 is 2.20 bits per heavy atom. The van der Waals surface area contributed by atoms with Crippen LogP contribution < -0.4 is 10.9 Å². The van der Waals surface area contributed by atoms with E-state index in [9.17, 15) is 4.79 Å². The van der Waals surface area contributed by atoms with Gasteiger partial charge in [0.05, 0.1) is 17.4 Å². The lowest BCUT2D eigenvalue weighted by Crippen LogP contribution is -2.34. The van der Waals surface area contributed by atoms with Crippen molar-refractivity contribution in [3.8, 4) is 0 Å². The van der Waals surface area contributed by atoms with E-state index in [4.69, 9.17) is 4.98 Å². The van der Waals surface area contributed by atoms with Gasteiger partial charge in [0.25, 0.3) is 5.56 Å². The Morgan fingerprint density at radius 1 is 1.30 bits per heavy atom. The SMILES string of the molecule is CCCCn1cnc2sc3c(c2c1=O)CC[C@H](NCc1cn2cc(C)ccc2n1)C3. The monoisotopic (exact) mass is 421 g/mol. The summed E-state index contributed by atoms with van der Waals surface area (Å²) in [5, 5.41) is 4.54. The largest absolute Gasteiger partial charge is 0.308 e. The Morgan fingerprint density at radius 3 is 3.07 bits per heavy atom. The maximum absolute atomic E-state index is 13.0. The Kier molecular flexibility index (Phi) is 5.16. The first-order valence-corrected chi connectivity index (χ1v) is 11.6. The fourth-order valence-corrected chi connectivity index (χ4v) is 5.61. The molecule has 4 aromatic heterocycles. The molecule has 0 saturated carbocycles. The summed E-state index contributed by atoms with van der Waals surface area (Å²) in [5.41, 5.74) is 4.64. The number of aromatic nitrogens is 4. The number of imidazole rings is 1. The topological polar surface area (TPSA) is 64.2 Å². The van der Waals surface area contributed by atoms with Crippen molar-refractivity contribution >= 4 is 27.2 Å².